The second-order valence-electron chi connectivity index (χ2n) is 5.40. The van der Waals surface area contributed by atoms with Crippen LogP contribution >= 0.6 is 11.6 Å². The number of nitrogens with zero attached hydrogens (tertiary/aromatic N) is 1. The van der Waals surface area contributed by atoms with Gasteiger partial charge in [-0.25, -0.2) is 0 Å². The molecule has 1 aromatic rings. The number of amides is 1. The van der Waals surface area contributed by atoms with Crippen LogP contribution < -0.4 is 0 Å². The monoisotopic (exact) mass is 309 g/mol. The average Bonchev–Trinajstić information content (AvgIpc) is 2.93. The van der Waals surface area contributed by atoms with Gasteiger partial charge < -0.3 is 10.0 Å². The highest BCUT2D eigenvalue weighted by molar-refractivity contribution is 6.30. The summed E-state index contributed by atoms with van der Waals surface area (Å²) in [7, 11) is 0. The fraction of sp³-hybridized carbons (Fsp3) is 0.500. The molecule has 5 heteroatoms. The molecule has 0 radical (unpaired) electrons. The molecule has 0 aliphatic carbocycles. The maximum absolute atomic E-state index is 12.3. The normalized spacial score (nSPS) is 18.0. The summed E-state index contributed by atoms with van der Waals surface area (Å²) in [5, 5.41) is 9.29. The van der Waals surface area contributed by atoms with E-state index in [2.05, 4.69) is 0 Å². The number of unbranched alkanes of at least 4 members (excludes halogenated alkanes) is 1. The first-order chi connectivity index (χ1) is 10.1. The SMILES string of the molecule is O=C(O)CCCCC(=O)N1CCCC1c1ccc(Cl)cc1. The lowest BCUT2D eigenvalue weighted by molar-refractivity contribution is -0.137. The summed E-state index contributed by atoms with van der Waals surface area (Å²) < 4.78 is 0. The molecule has 1 saturated heterocycles. The molecule has 1 amide bonds. The number of carboxylic acid groups (broad SMARTS) is 1. The van der Waals surface area contributed by atoms with Gasteiger partial charge in [-0.1, -0.05) is 23.7 Å². The second kappa shape index (κ2) is 7.46. The Kier molecular flexibility index (Phi) is 5.62. The van der Waals surface area contributed by atoms with Crippen LogP contribution in [0.3, 0.4) is 0 Å². The largest absolute Gasteiger partial charge is 0.481 e. The van der Waals surface area contributed by atoms with Gasteiger partial charge >= 0.3 is 5.97 Å². The zero-order chi connectivity index (χ0) is 15.2. The molecule has 1 fully saturated rings. The van der Waals surface area contributed by atoms with Crippen LogP contribution in [0, 0.1) is 0 Å². The van der Waals surface area contributed by atoms with E-state index in [1.807, 2.05) is 29.2 Å². The number of carbonyl (C=O) groups is 2. The number of likely N-dealkylation sites (tertiary alicyclic amines) is 1. The topological polar surface area (TPSA) is 57.6 Å². The fourth-order valence-electron chi connectivity index (χ4n) is 2.79. The number of rotatable bonds is 6. The van der Waals surface area contributed by atoms with Crippen molar-refractivity contribution in [3.8, 4) is 0 Å². The van der Waals surface area contributed by atoms with Gasteiger partial charge in [0.2, 0.25) is 5.91 Å². The van der Waals surface area contributed by atoms with E-state index in [1.54, 1.807) is 0 Å². The highest BCUT2D eigenvalue weighted by atomic mass is 35.5. The lowest BCUT2D eigenvalue weighted by Crippen LogP contribution is -2.30. The Morgan fingerprint density at radius 1 is 1.19 bits per heavy atom. The maximum Gasteiger partial charge on any atom is 0.303 e. The number of benzene rings is 1. The molecule has 1 aliphatic rings. The third-order valence-corrected chi connectivity index (χ3v) is 4.11. The molecular formula is C16H20ClNO3. The van der Waals surface area contributed by atoms with Crippen molar-refractivity contribution in [3.63, 3.8) is 0 Å². The molecule has 0 spiro atoms. The van der Waals surface area contributed by atoms with Crippen molar-refractivity contribution < 1.29 is 14.7 Å². The molecular weight excluding hydrogens is 290 g/mol. The van der Waals surface area contributed by atoms with Gasteiger partial charge in [-0.05, 0) is 43.4 Å². The summed E-state index contributed by atoms with van der Waals surface area (Å²) in [4.78, 5) is 24.7. The number of hydrogen-bond acceptors (Lipinski definition) is 2. The molecule has 1 unspecified atom stereocenters. The Balaban J connectivity index is 1.90. The third-order valence-electron chi connectivity index (χ3n) is 3.86. The van der Waals surface area contributed by atoms with Gasteiger partial charge in [0.05, 0.1) is 6.04 Å². The van der Waals surface area contributed by atoms with Gasteiger partial charge in [0.1, 0.15) is 0 Å². The Morgan fingerprint density at radius 3 is 2.52 bits per heavy atom. The summed E-state index contributed by atoms with van der Waals surface area (Å²) in [6, 6.07) is 7.79. The van der Waals surface area contributed by atoms with Crippen LogP contribution in [0.4, 0.5) is 0 Å². The Labute approximate surface area is 129 Å². The smallest absolute Gasteiger partial charge is 0.303 e. The van der Waals surface area contributed by atoms with Gasteiger partial charge in [-0.2, -0.15) is 0 Å². The number of hydrogen-bond donors (Lipinski definition) is 1. The van der Waals surface area contributed by atoms with E-state index in [0.29, 0.717) is 24.3 Å². The molecule has 4 nitrogen and oxygen atoms in total. The van der Waals surface area contributed by atoms with Gasteiger partial charge in [-0.3, -0.25) is 9.59 Å². The minimum atomic E-state index is -0.803. The number of aliphatic carboxylic acids is 1. The second-order valence-corrected chi connectivity index (χ2v) is 5.83. The minimum Gasteiger partial charge on any atom is -0.481 e. The van der Waals surface area contributed by atoms with Crippen LogP contribution in [0.25, 0.3) is 0 Å². The molecule has 1 atom stereocenters. The molecule has 1 aliphatic heterocycles. The van der Waals surface area contributed by atoms with Gasteiger partial charge in [-0.15, -0.1) is 0 Å². The summed E-state index contributed by atoms with van der Waals surface area (Å²) >= 11 is 5.90. The Bertz CT molecular complexity index is 501. The lowest BCUT2D eigenvalue weighted by Gasteiger charge is -2.25. The molecule has 1 aromatic carbocycles. The molecule has 21 heavy (non-hydrogen) atoms. The van der Waals surface area contributed by atoms with Crippen molar-refractivity contribution >= 4 is 23.5 Å². The first-order valence-corrected chi connectivity index (χ1v) is 7.72. The van der Waals surface area contributed by atoms with Crippen molar-refractivity contribution in [3.05, 3.63) is 34.9 Å². The van der Waals surface area contributed by atoms with E-state index in [0.717, 1.165) is 24.9 Å². The zero-order valence-corrected chi connectivity index (χ0v) is 12.7. The molecule has 114 valence electrons. The summed E-state index contributed by atoms with van der Waals surface area (Å²) in [6.07, 6.45) is 3.73. The first kappa shape index (κ1) is 15.8. The number of carboxylic acids is 1. The fourth-order valence-corrected chi connectivity index (χ4v) is 2.92. The lowest BCUT2D eigenvalue weighted by atomic mass is 10.0. The summed E-state index contributed by atoms with van der Waals surface area (Å²) in [5.41, 5.74) is 1.12. The molecule has 0 saturated carbocycles. The van der Waals surface area contributed by atoms with Gasteiger partial charge in [0, 0.05) is 24.4 Å². The molecule has 0 bridgehead atoms. The van der Waals surface area contributed by atoms with Crippen LogP contribution in [0.15, 0.2) is 24.3 Å². The molecule has 1 heterocycles. The predicted molar refractivity (Wildman–Crippen MR) is 81.2 cm³/mol. The Morgan fingerprint density at radius 2 is 1.86 bits per heavy atom. The number of halogens is 1. The first-order valence-electron chi connectivity index (χ1n) is 7.34. The van der Waals surface area contributed by atoms with E-state index >= 15 is 0 Å². The summed E-state index contributed by atoms with van der Waals surface area (Å²) in [5.74, 6) is -0.680. The third kappa shape index (κ3) is 4.46. The summed E-state index contributed by atoms with van der Waals surface area (Å²) in [6.45, 7) is 0.783. The highest BCUT2D eigenvalue weighted by Crippen LogP contribution is 2.33. The average molecular weight is 310 g/mol. The van der Waals surface area contributed by atoms with Gasteiger partial charge in [0.15, 0.2) is 0 Å². The van der Waals surface area contributed by atoms with Crippen LogP contribution in [0.5, 0.6) is 0 Å². The standard InChI is InChI=1S/C16H20ClNO3/c17-13-9-7-12(8-10-13)14-4-3-11-18(14)15(19)5-1-2-6-16(20)21/h7-10,14H,1-6,11H2,(H,20,21). The predicted octanol–water partition coefficient (Wildman–Crippen LogP) is 3.65. The van der Waals surface area contributed by atoms with Crippen molar-refractivity contribution in [1.82, 2.24) is 4.90 Å². The Hall–Kier alpha value is -1.55. The molecule has 2 rings (SSSR count). The van der Waals surface area contributed by atoms with E-state index in [1.165, 1.54) is 0 Å². The van der Waals surface area contributed by atoms with Crippen LogP contribution in [-0.2, 0) is 9.59 Å². The highest BCUT2D eigenvalue weighted by Gasteiger charge is 2.29. The quantitative estimate of drug-likeness (QED) is 0.816. The van der Waals surface area contributed by atoms with E-state index in [9.17, 15) is 9.59 Å². The van der Waals surface area contributed by atoms with Crippen LogP contribution in [-0.4, -0.2) is 28.4 Å². The number of carbonyl (C=O) groups excluding carboxylic acids is 1. The van der Waals surface area contributed by atoms with E-state index in [-0.39, 0.29) is 18.4 Å². The van der Waals surface area contributed by atoms with Crippen molar-refractivity contribution in [2.45, 2.75) is 44.6 Å². The van der Waals surface area contributed by atoms with Crippen LogP contribution in [0.2, 0.25) is 5.02 Å². The van der Waals surface area contributed by atoms with Crippen LogP contribution in [0.1, 0.15) is 50.1 Å². The van der Waals surface area contributed by atoms with Crippen molar-refractivity contribution in [2.24, 2.45) is 0 Å². The van der Waals surface area contributed by atoms with Gasteiger partial charge in [0.25, 0.3) is 0 Å². The maximum atomic E-state index is 12.3. The van der Waals surface area contributed by atoms with Crippen molar-refractivity contribution in [1.29, 1.82) is 0 Å². The molecule has 0 aromatic heterocycles. The molecule has 1 N–H and O–H groups in total. The van der Waals surface area contributed by atoms with E-state index in [4.69, 9.17) is 16.7 Å². The zero-order valence-electron chi connectivity index (χ0n) is 11.9. The van der Waals surface area contributed by atoms with Crippen molar-refractivity contribution in [2.75, 3.05) is 6.54 Å². The van der Waals surface area contributed by atoms with E-state index < -0.39 is 5.97 Å². The minimum absolute atomic E-state index is 0.123.